The predicted molar refractivity (Wildman–Crippen MR) is 78.3 cm³/mol. The summed E-state index contributed by atoms with van der Waals surface area (Å²) in [7, 11) is 0. The van der Waals surface area contributed by atoms with E-state index in [0.29, 0.717) is 18.7 Å². The van der Waals surface area contributed by atoms with Crippen molar-refractivity contribution in [2.45, 2.75) is 19.8 Å². The summed E-state index contributed by atoms with van der Waals surface area (Å²) in [5.74, 6) is -0.0576. The smallest absolute Gasteiger partial charge is 0.253 e. The summed E-state index contributed by atoms with van der Waals surface area (Å²) in [4.78, 5) is 12.0. The molecule has 0 saturated carbocycles. The van der Waals surface area contributed by atoms with Crippen molar-refractivity contribution in [3.8, 4) is 0 Å². The minimum atomic E-state index is -0.0576. The van der Waals surface area contributed by atoms with Crippen molar-refractivity contribution in [3.05, 3.63) is 42.7 Å². The van der Waals surface area contributed by atoms with Gasteiger partial charge in [-0.1, -0.05) is 25.6 Å². The van der Waals surface area contributed by atoms with Crippen LogP contribution < -0.4 is 10.6 Å². The van der Waals surface area contributed by atoms with Gasteiger partial charge in [0, 0.05) is 18.8 Å². The van der Waals surface area contributed by atoms with Crippen LogP contribution in [0.4, 0.5) is 5.69 Å². The number of benzene rings is 1. The molecule has 0 atom stereocenters. The number of hydrogen-bond donors (Lipinski definition) is 2. The third kappa shape index (κ3) is 5.46. The highest BCUT2D eigenvalue weighted by Gasteiger charge is 2.09. The SMILES string of the molecule is C=COCCCNC(=O)c1ccccc1NCCC. The molecular formula is C15H22N2O2. The molecule has 0 aromatic heterocycles. The van der Waals surface area contributed by atoms with Gasteiger partial charge in [0.1, 0.15) is 0 Å². The van der Waals surface area contributed by atoms with Gasteiger partial charge in [-0.15, -0.1) is 0 Å². The minimum Gasteiger partial charge on any atom is -0.502 e. The van der Waals surface area contributed by atoms with Crippen LogP contribution in [-0.2, 0) is 4.74 Å². The maximum Gasteiger partial charge on any atom is 0.253 e. The van der Waals surface area contributed by atoms with Crippen molar-refractivity contribution in [1.29, 1.82) is 0 Å². The molecule has 0 radical (unpaired) electrons. The van der Waals surface area contributed by atoms with E-state index < -0.39 is 0 Å². The number of carbonyl (C=O) groups is 1. The Labute approximate surface area is 114 Å². The maximum absolute atomic E-state index is 12.0. The van der Waals surface area contributed by atoms with Gasteiger partial charge in [0.05, 0.1) is 18.4 Å². The van der Waals surface area contributed by atoms with Crippen LogP contribution in [0.25, 0.3) is 0 Å². The van der Waals surface area contributed by atoms with E-state index in [9.17, 15) is 4.79 Å². The Morgan fingerprint density at radius 2 is 2.16 bits per heavy atom. The standard InChI is InChI=1S/C15H22N2O2/c1-3-10-16-14-9-6-5-8-13(14)15(18)17-11-7-12-19-4-2/h4-6,8-9,16H,2-3,7,10-12H2,1H3,(H,17,18). The second-order valence-corrected chi connectivity index (χ2v) is 4.12. The zero-order valence-electron chi connectivity index (χ0n) is 11.4. The molecule has 4 nitrogen and oxygen atoms in total. The van der Waals surface area contributed by atoms with E-state index in [1.165, 1.54) is 6.26 Å². The summed E-state index contributed by atoms with van der Waals surface area (Å²) in [6, 6.07) is 7.54. The molecule has 1 amide bonds. The highest BCUT2D eigenvalue weighted by Crippen LogP contribution is 2.14. The molecule has 0 unspecified atom stereocenters. The molecule has 0 bridgehead atoms. The topological polar surface area (TPSA) is 50.4 Å². The molecule has 0 saturated heterocycles. The number of para-hydroxylation sites is 1. The van der Waals surface area contributed by atoms with Gasteiger partial charge in [-0.3, -0.25) is 4.79 Å². The Hall–Kier alpha value is -1.97. The fourth-order valence-electron chi connectivity index (χ4n) is 1.63. The fraction of sp³-hybridized carbons (Fsp3) is 0.400. The number of anilines is 1. The van der Waals surface area contributed by atoms with E-state index in [4.69, 9.17) is 4.74 Å². The van der Waals surface area contributed by atoms with E-state index in [0.717, 1.165) is 25.1 Å². The second-order valence-electron chi connectivity index (χ2n) is 4.12. The lowest BCUT2D eigenvalue weighted by molar-refractivity contribution is 0.0951. The molecule has 0 aliphatic heterocycles. The van der Waals surface area contributed by atoms with E-state index in [-0.39, 0.29) is 5.91 Å². The van der Waals surface area contributed by atoms with Crippen LogP contribution in [0.3, 0.4) is 0 Å². The van der Waals surface area contributed by atoms with Crippen LogP contribution in [0.15, 0.2) is 37.1 Å². The van der Waals surface area contributed by atoms with Crippen LogP contribution >= 0.6 is 0 Å². The number of carbonyl (C=O) groups excluding carboxylic acids is 1. The lowest BCUT2D eigenvalue weighted by Gasteiger charge is -2.11. The number of hydrogen-bond acceptors (Lipinski definition) is 3. The summed E-state index contributed by atoms with van der Waals surface area (Å²) in [6.07, 6.45) is 3.20. The van der Waals surface area contributed by atoms with E-state index >= 15 is 0 Å². The quantitative estimate of drug-likeness (QED) is 0.531. The molecule has 0 spiro atoms. The molecular weight excluding hydrogens is 240 g/mol. The molecule has 0 fully saturated rings. The van der Waals surface area contributed by atoms with Gasteiger partial charge in [-0.2, -0.15) is 0 Å². The minimum absolute atomic E-state index is 0.0576. The Kier molecular flexibility index (Phi) is 7.17. The van der Waals surface area contributed by atoms with Crippen molar-refractivity contribution in [2.75, 3.05) is 25.0 Å². The Bertz CT molecular complexity index is 405. The van der Waals surface area contributed by atoms with Gasteiger partial charge < -0.3 is 15.4 Å². The molecule has 1 rings (SSSR count). The van der Waals surface area contributed by atoms with Gasteiger partial charge in [0.2, 0.25) is 0 Å². The normalized spacial score (nSPS) is 9.74. The van der Waals surface area contributed by atoms with Crippen molar-refractivity contribution in [3.63, 3.8) is 0 Å². The average Bonchev–Trinajstić information content (AvgIpc) is 2.45. The van der Waals surface area contributed by atoms with E-state index in [2.05, 4.69) is 24.1 Å². The fourth-order valence-corrected chi connectivity index (χ4v) is 1.63. The molecule has 0 aliphatic rings. The summed E-state index contributed by atoms with van der Waals surface area (Å²) < 4.78 is 5.00. The van der Waals surface area contributed by atoms with Gasteiger partial charge in [0.25, 0.3) is 5.91 Å². The molecule has 104 valence electrons. The van der Waals surface area contributed by atoms with E-state index in [1.54, 1.807) is 0 Å². The van der Waals surface area contributed by atoms with Gasteiger partial charge in [0.15, 0.2) is 0 Å². The third-order valence-corrected chi connectivity index (χ3v) is 2.58. The van der Waals surface area contributed by atoms with Gasteiger partial charge in [-0.05, 0) is 25.0 Å². The number of rotatable bonds is 9. The molecule has 1 aromatic carbocycles. The van der Waals surface area contributed by atoms with Crippen molar-refractivity contribution < 1.29 is 9.53 Å². The summed E-state index contributed by atoms with van der Waals surface area (Å²) >= 11 is 0. The third-order valence-electron chi connectivity index (χ3n) is 2.58. The monoisotopic (exact) mass is 262 g/mol. The van der Waals surface area contributed by atoms with Crippen molar-refractivity contribution in [1.82, 2.24) is 5.32 Å². The molecule has 0 aliphatic carbocycles. The first kappa shape index (κ1) is 15.1. The summed E-state index contributed by atoms with van der Waals surface area (Å²) in [5.41, 5.74) is 1.56. The first-order valence-corrected chi connectivity index (χ1v) is 6.63. The van der Waals surface area contributed by atoms with Crippen molar-refractivity contribution in [2.24, 2.45) is 0 Å². The largest absolute Gasteiger partial charge is 0.502 e. The Morgan fingerprint density at radius 1 is 1.37 bits per heavy atom. The highest BCUT2D eigenvalue weighted by molar-refractivity contribution is 5.99. The molecule has 2 N–H and O–H groups in total. The molecule has 1 aromatic rings. The first-order chi connectivity index (χ1) is 9.29. The molecule has 19 heavy (non-hydrogen) atoms. The van der Waals surface area contributed by atoms with Crippen LogP contribution in [0.1, 0.15) is 30.1 Å². The van der Waals surface area contributed by atoms with Crippen LogP contribution in [-0.4, -0.2) is 25.6 Å². The highest BCUT2D eigenvalue weighted by atomic mass is 16.5. The predicted octanol–water partition coefficient (Wildman–Crippen LogP) is 2.79. The zero-order chi connectivity index (χ0) is 13.9. The van der Waals surface area contributed by atoms with Gasteiger partial charge >= 0.3 is 0 Å². The molecule has 4 heteroatoms. The lowest BCUT2D eigenvalue weighted by atomic mass is 10.1. The number of amides is 1. The Balaban J connectivity index is 2.48. The second kappa shape index (κ2) is 9.03. The maximum atomic E-state index is 12.0. The van der Waals surface area contributed by atoms with Crippen LogP contribution in [0.2, 0.25) is 0 Å². The summed E-state index contributed by atoms with van der Waals surface area (Å²) in [6.45, 7) is 7.58. The lowest BCUT2D eigenvalue weighted by Crippen LogP contribution is -2.26. The number of nitrogens with one attached hydrogen (secondary N) is 2. The van der Waals surface area contributed by atoms with Crippen molar-refractivity contribution >= 4 is 11.6 Å². The zero-order valence-corrected chi connectivity index (χ0v) is 11.4. The number of ether oxygens (including phenoxy) is 1. The Morgan fingerprint density at radius 3 is 2.89 bits per heavy atom. The summed E-state index contributed by atoms with van der Waals surface area (Å²) in [5, 5.41) is 6.14. The molecule has 0 heterocycles. The van der Waals surface area contributed by atoms with Crippen LogP contribution in [0, 0.1) is 0 Å². The average molecular weight is 262 g/mol. The van der Waals surface area contributed by atoms with Gasteiger partial charge in [-0.25, -0.2) is 0 Å². The van der Waals surface area contributed by atoms with Crippen LogP contribution in [0.5, 0.6) is 0 Å². The van der Waals surface area contributed by atoms with E-state index in [1.807, 2.05) is 24.3 Å². The first-order valence-electron chi connectivity index (χ1n) is 6.63.